The minimum atomic E-state index is 0.0199. The van der Waals surface area contributed by atoms with E-state index >= 15 is 0 Å². The maximum absolute atomic E-state index is 13.3. The van der Waals surface area contributed by atoms with Gasteiger partial charge in [0.05, 0.1) is 11.7 Å². The number of fused-ring (bicyclic) bond motifs is 3. The molecule has 0 radical (unpaired) electrons. The van der Waals surface area contributed by atoms with Gasteiger partial charge >= 0.3 is 0 Å². The zero-order valence-corrected chi connectivity index (χ0v) is 20.4. The Morgan fingerprint density at radius 3 is 2.65 bits per heavy atom. The predicted molar refractivity (Wildman–Crippen MR) is 127 cm³/mol. The molecule has 0 bridgehead atoms. The van der Waals surface area contributed by atoms with E-state index < -0.39 is 0 Å². The molecule has 0 N–H and O–H groups in total. The largest absolute Gasteiger partial charge is 0.343 e. The first kappa shape index (κ1) is 22.5. The van der Waals surface area contributed by atoms with Crippen molar-refractivity contribution in [3.63, 3.8) is 0 Å². The lowest BCUT2D eigenvalue weighted by Gasteiger charge is -2.35. The van der Waals surface area contributed by atoms with E-state index in [-0.39, 0.29) is 16.9 Å². The number of aromatic nitrogens is 2. The number of nitrogens with zero attached hydrogens (tertiary/aromatic N) is 4. The molecule has 1 atom stereocenters. The van der Waals surface area contributed by atoms with E-state index in [1.807, 2.05) is 11.9 Å². The van der Waals surface area contributed by atoms with Crippen molar-refractivity contribution < 1.29 is 4.79 Å². The van der Waals surface area contributed by atoms with Gasteiger partial charge in [-0.2, -0.15) is 0 Å². The Bertz CT molecular complexity index is 1010. The average Bonchev–Trinajstić information content (AvgIpc) is 3.11. The van der Waals surface area contributed by atoms with Gasteiger partial charge in [0, 0.05) is 30.9 Å². The lowest BCUT2D eigenvalue weighted by Crippen LogP contribution is -2.44. The summed E-state index contributed by atoms with van der Waals surface area (Å²) in [4.78, 5) is 37.0. The molecule has 1 saturated heterocycles. The first-order valence-electron chi connectivity index (χ1n) is 11.6. The van der Waals surface area contributed by atoms with Crippen molar-refractivity contribution in [2.45, 2.75) is 71.9 Å². The van der Waals surface area contributed by atoms with Crippen LogP contribution in [0.4, 0.5) is 0 Å². The lowest BCUT2D eigenvalue weighted by molar-refractivity contribution is -0.133. The van der Waals surface area contributed by atoms with Crippen LogP contribution in [0, 0.1) is 11.3 Å². The first-order valence-corrected chi connectivity index (χ1v) is 12.4. The molecule has 2 aromatic rings. The fourth-order valence-electron chi connectivity index (χ4n) is 5.08. The van der Waals surface area contributed by atoms with Gasteiger partial charge in [0.1, 0.15) is 4.83 Å². The van der Waals surface area contributed by atoms with E-state index in [1.165, 1.54) is 10.4 Å². The molecule has 1 fully saturated rings. The third-order valence-electron chi connectivity index (χ3n) is 7.46. The summed E-state index contributed by atoms with van der Waals surface area (Å²) in [6, 6.07) is 0.306. The van der Waals surface area contributed by atoms with Crippen LogP contribution >= 0.6 is 11.3 Å². The number of likely N-dealkylation sites (tertiary alicyclic amines) is 1. The molecule has 7 heteroatoms. The Balaban J connectivity index is 1.48. The molecule has 1 amide bonds. The molecule has 31 heavy (non-hydrogen) atoms. The molecule has 4 rings (SSSR count). The standard InChI is InChI=1S/C24H36N4O2S/c1-24(2,3)16-6-7-18-19(14-16)31-22-21(18)23(30)28(15-25-22)13-10-20(29)27(5)17-8-11-26(4)12-9-17/h15-17H,6-14H2,1-5H3. The van der Waals surface area contributed by atoms with Gasteiger partial charge in [-0.15, -0.1) is 11.3 Å². The number of hydrogen-bond acceptors (Lipinski definition) is 5. The number of piperidine rings is 1. The monoisotopic (exact) mass is 444 g/mol. The van der Waals surface area contributed by atoms with Crippen molar-refractivity contribution in [3.8, 4) is 0 Å². The SMILES string of the molecule is CN1CCC(N(C)C(=O)CCn2cnc3sc4c(c3c2=O)CCC(C(C)(C)C)C4)CC1. The molecular weight excluding hydrogens is 408 g/mol. The highest BCUT2D eigenvalue weighted by Crippen LogP contribution is 2.41. The van der Waals surface area contributed by atoms with Crippen molar-refractivity contribution in [1.82, 2.24) is 19.4 Å². The van der Waals surface area contributed by atoms with E-state index in [9.17, 15) is 9.59 Å². The van der Waals surface area contributed by atoms with E-state index in [4.69, 9.17) is 0 Å². The summed E-state index contributed by atoms with van der Waals surface area (Å²) in [5.41, 5.74) is 1.51. The van der Waals surface area contributed by atoms with E-state index in [0.29, 0.717) is 24.9 Å². The number of amides is 1. The van der Waals surface area contributed by atoms with Gasteiger partial charge in [-0.25, -0.2) is 4.98 Å². The molecule has 2 aromatic heterocycles. The minimum Gasteiger partial charge on any atom is -0.343 e. The highest BCUT2D eigenvalue weighted by molar-refractivity contribution is 7.18. The van der Waals surface area contributed by atoms with Crippen molar-refractivity contribution in [3.05, 3.63) is 27.1 Å². The van der Waals surface area contributed by atoms with Crippen molar-refractivity contribution in [2.75, 3.05) is 27.2 Å². The van der Waals surface area contributed by atoms with E-state index in [2.05, 4.69) is 37.7 Å². The molecule has 0 saturated carbocycles. The maximum Gasteiger partial charge on any atom is 0.262 e. The zero-order chi connectivity index (χ0) is 22.3. The summed E-state index contributed by atoms with van der Waals surface area (Å²) in [7, 11) is 4.03. The predicted octanol–water partition coefficient (Wildman–Crippen LogP) is 3.55. The number of hydrogen-bond donors (Lipinski definition) is 0. The van der Waals surface area contributed by atoms with Crippen molar-refractivity contribution in [1.29, 1.82) is 0 Å². The van der Waals surface area contributed by atoms with Crippen LogP contribution in [0.1, 0.15) is 56.9 Å². The molecule has 170 valence electrons. The smallest absolute Gasteiger partial charge is 0.262 e. The van der Waals surface area contributed by atoms with E-state index in [1.54, 1.807) is 22.2 Å². The van der Waals surface area contributed by atoms with Gasteiger partial charge in [0.2, 0.25) is 5.91 Å². The molecule has 1 aliphatic carbocycles. The van der Waals surface area contributed by atoms with Crippen LogP contribution < -0.4 is 5.56 Å². The number of rotatable bonds is 4. The average molecular weight is 445 g/mol. The van der Waals surface area contributed by atoms with Gasteiger partial charge in [-0.3, -0.25) is 14.2 Å². The quantitative estimate of drug-likeness (QED) is 0.724. The van der Waals surface area contributed by atoms with Crippen LogP contribution in [0.2, 0.25) is 0 Å². The Hall–Kier alpha value is -1.73. The van der Waals surface area contributed by atoms with E-state index in [0.717, 1.165) is 55.4 Å². The highest BCUT2D eigenvalue weighted by Gasteiger charge is 2.32. The van der Waals surface area contributed by atoms with Crippen LogP contribution in [-0.4, -0.2) is 58.5 Å². The third kappa shape index (κ3) is 4.58. The zero-order valence-electron chi connectivity index (χ0n) is 19.6. The molecule has 6 nitrogen and oxygen atoms in total. The van der Waals surface area contributed by atoms with Crippen LogP contribution in [0.25, 0.3) is 10.2 Å². The van der Waals surface area contributed by atoms with Crippen molar-refractivity contribution in [2.24, 2.45) is 11.3 Å². The molecule has 2 aliphatic rings. The van der Waals surface area contributed by atoms with Crippen LogP contribution in [0.3, 0.4) is 0 Å². The minimum absolute atomic E-state index is 0.0199. The summed E-state index contributed by atoms with van der Waals surface area (Å²) in [5.74, 6) is 0.755. The second-order valence-electron chi connectivity index (χ2n) is 10.5. The Kier molecular flexibility index (Phi) is 6.28. The van der Waals surface area contributed by atoms with Crippen LogP contribution in [0.5, 0.6) is 0 Å². The summed E-state index contributed by atoms with van der Waals surface area (Å²) < 4.78 is 1.64. The summed E-state index contributed by atoms with van der Waals surface area (Å²) >= 11 is 1.69. The normalized spacial score (nSPS) is 20.7. The first-order chi connectivity index (χ1) is 14.6. The van der Waals surface area contributed by atoms with Crippen molar-refractivity contribution >= 4 is 27.5 Å². The second kappa shape index (κ2) is 8.66. The number of carbonyl (C=O) groups excluding carboxylic acids is 1. The molecular formula is C24H36N4O2S. The van der Waals surface area contributed by atoms with Gasteiger partial charge < -0.3 is 9.80 Å². The number of aryl methyl sites for hydroxylation is 2. The van der Waals surface area contributed by atoms with Gasteiger partial charge in [0.15, 0.2) is 0 Å². The number of thiophene rings is 1. The fourth-order valence-corrected chi connectivity index (χ4v) is 6.34. The Morgan fingerprint density at radius 2 is 1.97 bits per heavy atom. The summed E-state index contributed by atoms with van der Waals surface area (Å²) in [6.45, 7) is 9.37. The third-order valence-corrected chi connectivity index (χ3v) is 8.62. The van der Waals surface area contributed by atoms with Gasteiger partial charge in [0.25, 0.3) is 5.56 Å². The van der Waals surface area contributed by atoms with Crippen LogP contribution in [-0.2, 0) is 24.2 Å². The second-order valence-corrected chi connectivity index (χ2v) is 11.6. The highest BCUT2D eigenvalue weighted by atomic mass is 32.1. The summed E-state index contributed by atoms with van der Waals surface area (Å²) in [5, 5.41) is 0.797. The molecule has 0 spiro atoms. The van der Waals surface area contributed by atoms with Gasteiger partial charge in [-0.1, -0.05) is 20.8 Å². The maximum atomic E-state index is 13.3. The molecule has 1 aliphatic heterocycles. The van der Waals surface area contributed by atoms with Crippen LogP contribution in [0.15, 0.2) is 11.1 Å². The number of carbonyl (C=O) groups is 1. The molecule has 3 heterocycles. The summed E-state index contributed by atoms with van der Waals surface area (Å²) in [6.07, 6.45) is 7.13. The Labute approximate surface area is 189 Å². The molecule has 1 unspecified atom stereocenters. The van der Waals surface area contributed by atoms with Gasteiger partial charge in [-0.05, 0) is 69.1 Å². The fraction of sp³-hybridized carbons (Fsp3) is 0.708. The topological polar surface area (TPSA) is 58.4 Å². The molecule has 0 aromatic carbocycles. The lowest BCUT2D eigenvalue weighted by atomic mass is 9.72. The Morgan fingerprint density at radius 1 is 1.26 bits per heavy atom.